The molecule has 0 aromatic heterocycles. The fourth-order valence-electron chi connectivity index (χ4n) is 2.45. The van der Waals surface area contributed by atoms with Crippen molar-refractivity contribution in [1.82, 2.24) is 0 Å². The average Bonchev–Trinajstić information content (AvgIpc) is 2.46. The largest absolute Gasteiger partial charge is 0.454 e. The molecular formula is C9H10F3NO. The van der Waals surface area contributed by atoms with Crippen LogP contribution in [0, 0.1) is 11.8 Å². The van der Waals surface area contributed by atoms with Gasteiger partial charge in [-0.25, -0.2) is 0 Å². The molecular weight excluding hydrogens is 195 g/mol. The Labute approximate surface area is 79.0 Å². The second-order valence-electron chi connectivity index (χ2n) is 3.84. The highest BCUT2D eigenvalue weighted by molar-refractivity contribution is 6.02. The highest BCUT2D eigenvalue weighted by Gasteiger charge is 2.52. The Bertz CT molecular complexity index is 319. The molecule has 5 heteroatoms. The van der Waals surface area contributed by atoms with Crippen molar-refractivity contribution in [1.29, 1.82) is 0 Å². The van der Waals surface area contributed by atoms with E-state index in [1.807, 2.05) is 0 Å². The molecule has 2 aliphatic rings. The molecule has 1 fully saturated rings. The summed E-state index contributed by atoms with van der Waals surface area (Å²) >= 11 is 0. The van der Waals surface area contributed by atoms with Crippen LogP contribution in [-0.4, -0.2) is 12.0 Å². The molecule has 0 radical (unpaired) electrons. The minimum Gasteiger partial charge on any atom is -0.401 e. The molecule has 0 heterocycles. The zero-order valence-corrected chi connectivity index (χ0v) is 7.40. The highest BCUT2D eigenvalue weighted by atomic mass is 19.4. The van der Waals surface area contributed by atoms with E-state index in [2.05, 4.69) is 0 Å². The van der Waals surface area contributed by atoms with Crippen LogP contribution in [0.4, 0.5) is 13.2 Å². The number of alkyl halides is 3. The van der Waals surface area contributed by atoms with E-state index in [1.165, 1.54) is 0 Å². The molecule has 2 rings (SSSR count). The number of rotatable bonds is 1. The van der Waals surface area contributed by atoms with Crippen molar-refractivity contribution in [3.63, 3.8) is 0 Å². The van der Waals surface area contributed by atoms with Crippen LogP contribution in [0.5, 0.6) is 0 Å². The van der Waals surface area contributed by atoms with E-state index in [0.29, 0.717) is 6.42 Å². The van der Waals surface area contributed by atoms with Gasteiger partial charge in [0, 0.05) is 17.2 Å². The Morgan fingerprint density at radius 1 is 1.29 bits per heavy atom. The van der Waals surface area contributed by atoms with Crippen LogP contribution in [0.25, 0.3) is 0 Å². The first-order valence-corrected chi connectivity index (χ1v) is 4.54. The number of hydrogen-bond acceptors (Lipinski definition) is 2. The van der Waals surface area contributed by atoms with Gasteiger partial charge < -0.3 is 5.73 Å². The van der Waals surface area contributed by atoms with Gasteiger partial charge in [-0.2, -0.15) is 13.2 Å². The van der Waals surface area contributed by atoms with E-state index in [-0.39, 0.29) is 23.1 Å². The summed E-state index contributed by atoms with van der Waals surface area (Å²) in [4.78, 5) is 10.9. The zero-order valence-electron chi connectivity index (χ0n) is 7.40. The summed E-state index contributed by atoms with van der Waals surface area (Å²) in [6, 6.07) is 0. The molecule has 0 saturated heterocycles. The lowest BCUT2D eigenvalue weighted by Gasteiger charge is -2.34. The lowest BCUT2D eigenvalue weighted by Crippen LogP contribution is -2.40. The number of carbonyl (C=O) groups excluding carboxylic acids is 1. The van der Waals surface area contributed by atoms with Crippen LogP contribution in [-0.2, 0) is 4.79 Å². The van der Waals surface area contributed by atoms with E-state index in [9.17, 15) is 18.0 Å². The van der Waals surface area contributed by atoms with Gasteiger partial charge in [0.1, 0.15) is 0 Å². The van der Waals surface area contributed by atoms with Crippen molar-refractivity contribution < 1.29 is 18.0 Å². The predicted molar refractivity (Wildman–Crippen MR) is 43.1 cm³/mol. The molecule has 2 aliphatic carbocycles. The fourth-order valence-corrected chi connectivity index (χ4v) is 2.45. The first kappa shape index (κ1) is 9.55. The number of halogens is 3. The van der Waals surface area contributed by atoms with Crippen molar-refractivity contribution in [2.24, 2.45) is 17.6 Å². The van der Waals surface area contributed by atoms with Crippen molar-refractivity contribution >= 4 is 5.78 Å². The molecule has 2 unspecified atom stereocenters. The Kier molecular flexibility index (Phi) is 1.87. The maximum Gasteiger partial charge on any atom is 0.454 e. The summed E-state index contributed by atoms with van der Waals surface area (Å²) in [5.41, 5.74) is 5.47. The topological polar surface area (TPSA) is 43.1 Å². The number of fused-ring (bicyclic) bond motifs is 1. The molecule has 2 nitrogen and oxygen atoms in total. The molecule has 0 bridgehead atoms. The SMILES string of the molecule is NC1=C(C(=O)C(F)(F)F)C2CCCC12. The van der Waals surface area contributed by atoms with Gasteiger partial charge in [-0.15, -0.1) is 0 Å². The van der Waals surface area contributed by atoms with Gasteiger partial charge >= 0.3 is 6.18 Å². The lowest BCUT2D eigenvalue weighted by molar-refractivity contribution is -0.167. The van der Waals surface area contributed by atoms with Crippen LogP contribution < -0.4 is 5.73 Å². The minimum absolute atomic E-state index is 0.0382. The van der Waals surface area contributed by atoms with E-state index in [0.717, 1.165) is 12.8 Å². The molecule has 78 valence electrons. The number of ketones is 1. The Morgan fingerprint density at radius 2 is 1.86 bits per heavy atom. The molecule has 0 aromatic carbocycles. The quantitative estimate of drug-likeness (QED) is 0.708. The first-order chi connectivity index (χ1) is 6.43. The minimum atomic E-state index is -4.77. The smallest absolute Gasteiger partial charge is 0.401 e. The molecule has 0 aromatic rings. The number of nitrogens with two attached hydrogens (primary N) is 1. The van der Waals surface area contributed by atoms with Crippen LogP contribution in [0.3, 0.4) is 0 Å². The third-order valence-electron chi connectivity index (χ3n) is 3.10. The summed E-state index contributed by atoms with van der Waals surface area (Å²) in [6.07, 6.45) is -2.41. The summed E-state index contributed by atoms with van der Waals surface area (Å²) in [6.45, 7) is 0. The van der Waals surface area contributed by atoms with Gasteiger partial charge in [0.05, 0.1) is 0 Å². The van der Waals surface area contributed by atoms with Gasteiger partial charge in [0.25, 0.3) is 5.78 Å². The Morgan fingerprint density at radius 3 is 2.43 bits per heavy atom. The van der Waals surface area contributed by atoms with Crippen LogP contribution in [0.2, 0.25) is 0 Å². The third kappa shape index (κ3) is 1.14. The fraction of sp³-hybridized carbons (Fsp3) is 0.667. The zero-order chi connectivity index (χ0) is 10.5. The van der Waals surface area contributed by atoms with E-state index >= 15 is 0 Å². The van der Waals surface area contributed by atoms with Crippen LogP contribution >= 0.6 is 0 Å². The van der Waals surface area contributed by atoms with E-state index in [4.69, 9.17) is 5.73 Å². The highest BCUT2D eigenvalue weighted by Crippen LogP contribution is 2.50. The summed E-state index contributed by atoms with van der Waals surface area (Å²) in [5, 5.41) is 0. The number of carbonyl (C=O) groups is 1. The second-order valence-corrected chi connectivity index (χ2v) is 3.84. The number of hydrogen-bond donors (Lipinski definition) is 1. The van der Waals surface area contributed by atoms with E-state index < -0.39 is 12.0 Å². The van der Waals surface area contributed by atoms with Gasteiger partial charge in [-0.1, -0.05) is 6.42 Å². The van der Waals surface area contributed by atoms with Gasteiger partial charge in [-0.3, -0.25) is 4.79 Å². The van der Waals surface area contributed by atoms with Crippen LogP contribution in [0.1, 0.15) is 19.3 Å². The van der Waals surface area contributed by atoms with Crippen molar-refractivity contribution in [3.8, 4) is 0 Å². The Balaban J connectivity index is 2.25. The maximum absolute atomic E-state index is 12.1. The monoisotopic (exact) mass is 205 g/mol. The van der Waals surface area contributed by atoms with Gasteiger partial charge in [-0.05, 0) is 18.8 Å². The molecule has 0 amide bonds. The maximum atomic E-state index is 12.1. The molecule has 14 heavy (non-hydrogen) atoms. The molecule has 0 aliphatic heterocycles. The van der Waals surface area contributed by atoms with Crippen LogP contribution in [0.15, 0.2) is 11.3 Å². The van der Waals surface area contributed by atoms with Crippen molar-refractivity contribution in [2.75, 3.05) is 0 Å². The average molecular weight is 205 g/mol. The molecule has 0 spiro atoms. The Hall–Kier alpha value is -1.00. The van der Waals surface area contributed by atoms with Crippen molar-refractivity contribution in [3.05, 3.63) is 11.3 Å². The van der Waals surface area contributed by atoms with Gasteiger partial charge in [0.2, 0.25) is 0 Å². The second kappa shape index (κ2) is 2.74. The standard InChI is InChI=1S/C9H10F3NO/c10-9(11,12)8(14)6-4-2-1-3-5(4)7(6)13/h4-5H,1-3,13H2. The molecule has 2 atom stereocenters. The molecule has 1 saturated carbocycles. The predicted octanol–water partition coefficient (Wildman–Crippen LogP) is 1.76. The summed E-state index contributed by atoms with van der Waals surface area (Å²) in [5.74, 6) is -1.92. The molecule has 2 N–H and O–H groups in total. The lowest BCUT2D eigenvalue weighted by atomic mass is 9.72. The number of Topliss-reactive ketones (excluding diaryl/α,β-unsaturated/α-hetero) is 1. The number of allylic oxidation sites excluding steroid dienone is 2. The summed E-state index contributed by atoms with van der Waals surface area (Å²) < 4.78 is 36.3. The third-order valence-corrected chi connectivity index (χ3v) is 3.10. The van der Waals surface area contributed by atoms with Crippen molar-refractivity contribution in [2.45, 2.75) is 25.4 Å². The van der Waals surface area contributed by atoms with E-state index in [1.54, 1.807) is 0 Å². The normalized spacial score (nSPS) is 31.4. The first-order valence-electron chi connectivity index (χ1n) is 4.54. The van der Waals surface area contributed by atoms with Gasteiger partial charge in [0.15, 0.2) is 0 Å². The summed E-state index contributed by atoms with van der Waals surface area (Å²) in [7, 11) is 0.